The minimum atomic E-state index is 0.0450. The molecule has 0 saturated heterocycles. The molecule has 2 heterocycles. The van der Waals surface area contributed by atoms with E-state index >= 15 is 0 Å². The number of halogens is 1. The van der Waals surface area contributed by atoms with Crippen molar-refractivity contribution in [2.45, 2.75) is 6.17 Å². The Morgan fingerprint density at radius 2 is 1.83 bits per heavy atom. The number of aliphatic imine (C=N–C) groups is 1. The molecule has 1 unspecified atom stereocenters. The standard InChI is InChI=1S/C14H10ClN3/c15-14-17-10-6-2-1-5-9(10)13-16-11-7-3-4-8-12(11)18(13)14/h1-8,13,16H. The average Bonchev–Trinajstić information content (AvgIpc) is 2.79. The predicted molar refractivity (Wildman–Crippen MR) is 74.7 cm³/mol. The molecule has 0 bridgehead atoms. The number of nitrogens with one attached hydrogen (secondary N) is 1. The summed E-state index contributed by atoms with van der Waals surface area (Å²) in [6, 6.07) is 16.2. The summed E-state index contributed by atoms with van der Waals surface area (Å²) in [5, 5.41) is 3.99. The fourth-order valence-electron chi connectivity index (χ4n) is 2.55. The third kappa shape index (κ3) is 1.22. The molecule has 0 amide bonds. The van der Waals surface area contributed by atoms with E-state index in [-0.39, 0.29) is 6.17 Å². The van der Waals surface area contributed by atoms with Gasteiger partial charge in [-0.15, -0.1) is 0 Å². The summed E-state index contributed by atoms with van der Waals surface area (Å²) in [6.45, 7) is 0. The van der Waals surface area contributed by atoms with Crippen LogP contribution >= 0.6 is 11.6 Å². The molecule has 1 N–H and O–H groups in total. The second-order valence-electron chi connectivity index (χ2n) is 4.37. The first kappa shape index (κ1) is 9.97. The minimum Gasteiger partial charge on any atom is -0.359 e. The topological polar surface area (TPSA) is 27.6 Å². The molecule has 0 radical (unpaired) electrons. The highest BCUT2D eigenvalue weighted by atomic mass is 35.5. The van der Waals surface area contributed by atoms with Crippen molar-refractivity contribution in [1.82, 2.24) is 0 Å². The Bertz CT molecular complexity index is 666. The van der Waals surface area contributed by atoms with Crippen LogP contribution in [0.5, 0.6) is 0 Å². The Hall–Kier alpha value is -2.00. The molecule has 0 saturated carbocycles. The second-order valence-corrected chi connectivity index (χ2v) is 4.71. The van der Waals surface area contributed by atoms with E-state index in [2.05, 4.69) is 22.4 Å². The van der Waals surface area contributed by atoms with E-state index < -0.39 is 0 Å². The van der Waals surface area contributed by atoms with E-state index in [0.717, 1.165) is 22.6 Å². The number of amidine groups is 1. The van der Waals surface area contributed by atoms with E-state index in [1.165, 1.54) is 0 Å². The Labute approximate surface area is 110 Å². The first-order valence-electron chi connectivity index (χ1n) is 5.82. The van der Waals surface area contributed by atoms with Crippen LogP contribution in [-0.4, -0.2) is 5.29 Å². The highest BCUT2D eigenvalue weighted by Crippen LogP contribution is 2.46. The molecule has 0 fully saturated rings. The molecule has 2 aromatic rings. The normalized spacial score (nSPS) is 19.5. The number of anilines is 2. The fraction of sp³-hybridized carbons (Fsp3) is 0.0714. The van der Waals surface area contributed by atoms with E-state index in [9.17, 15) is 0 Å². The molecule has 88 valence electrons. The van der Waals surface area contributed by atoms with E-state index in [1.807, 2.05) is 41.3 Å². The van der Waals surface area contributed by atoms with Gasteiger partial charge in [-0.3, -0.25) is 4.90 Å². The maximum Gasteiger partial charge on any atom is 0.205 e. The minimum absolute atomic E-state index is 0.0450. The van der Waals surface area contributed by atoms with Gasteiger partial charge in [0.05, 0.1) is 17.1 Å². The van der Waals surface area contributed by atoms with Gasteiger partial charge in [-0.05, 0) is 29.8 Å². The summed E-state index contributed by atoms with van der Waals surface area (Å²) in [5.74, 6) is 0. The van der Waals surface area contributed by atoms with Crippen molar-refractivity contribution in [3.05, 3.63) is 54.1 Å². The quantitative estimate of drug-likeness (QED) is 0.724. The monoisotopic (exact) mass is 255 g/mol. The lowest BCUT2D eigenvalue weighted by molar-refractivity contribution is 0.839. The van der Waals surface area contributed by atoms with Crippen LogP contribution < -0.4 is 10.2 Å². The maximum atomic E-state index is 6.31. The Morgan fingerprint density at radius 3 is 2.78 bits per heavy atom. The number of fused-ring (bicyclic) bond motifs is 5. The van der Waals surface area contributed by atoms with Crippen molar-refractivity contribution in [2.75, 3.05) is 10.2 Å². The van der Waals surface area contributed by atoms with Gasteiger partial charge in [0.25, 0.3) is 0 Å². The van der Waals surface area contributed by atoms with E-state index in [0.29, 0.717) is 5.29 Å². The lowest BCUT2D eigenvalue weighted by Gasteiger charge is -2.29. The van der Waals surface area contributed by atoms with Crippen LogP contribution in [0, 0.1) is 0 Å². The summed E-state index contributed by atoms with van der Waals surface area (Å²) in [7, 11) is 0. The van der Waals surface area contributed by atoms with Crippen LogP contribution in [0.25, 0.3) is 0 Å². The zero-order chi connectivity index (χ0) is 12.1. The third-order valence-corrected chi connectivity index (χ3v) is 3.62. The van der Waals surface area contributed by atoms with Gasteiger partial charge in [0.15, 0.2) is 0 Å². The molecule has 2 aliphatic heterocycles. The number of benzene rings is 2. The number of para-hydroxylation sites is 3. The Kier molecular flexibility index (Phi) is 1.94. The molecule has 0 aromatic heterocycles. The smallest absolute Gasteiger partial charge is 0.205 e. The molecule has 0 aliphatic carbocycles. The van der Waals surface area contributed by atoms with Crippen LogP contribution in [0.3, 0.4) is 0 Å². The lowest BCUT2D eigenvalue weighted by Crippen LogP contribution is -2.33. The molecule has 3 nitrogen and oxygen atoms in total. The summed E-state index contributed by atoms with van der Waals surface area (Å²) in [4.78, 5) is 6.48. The van der Waals surface area contributed by atoms with Gasteiger partial charge in [0.1, 0.15) is 6.17 Å². The van der Waals surface area contributed by atoms with Gasteiger partial charge in [-0.1, -0.05) is 30.3 Å². The molecule has 4 heteroatoms. The Morgan fingerprint density at radius 1 is 1.06 bits per heavy atom. The maximum absolute atomic E-state index is 6.31. The molecule has 2 aromatic carbocycles. The van der Waals surface area contributed by atoms with Crippen molar-refractivity contribution in [2.24, 2.45) is 4.99 Å². The lowest BCUT2D eigenvalue weighted by atomic mass is 10.1. The van der Waals surface area contributed by atoms with Gasteiger partial charge in [0, 0.05) is 5.56 Å². The fourth-order valence-corrected chi connectivity index (χ4v) is 2.83. The number of rotatable bonds is 0. The highest BCUT2D eigenvalue weighted by Gasteiger charge is 2.36. The number of hydrogen-bond acceptors (Lipinski definition) is 3. The van der Waals surface area contributed by atoms with Crippen LogP contribution in [0.15, 0.2) is 53.5 Å². The zero-order valence-electron chi connectivity index (χ0n) is 9.47. The largest absolute Gasteiger partial charge is 0.359 e. The molecule has 1 atom stereocenters. The van der Waals surface area contributed by atoms with Gasteiger partial charge in [-0.2, -0.15) is 0 Å². The van der Waals surface area contributed by atoms with Crippen LogP contribution in [0.1, 0.15) is 11.7 Å². The first-order valence-corrected chi connectivity index (χ1v) is 6.20. The summed E-state index contributed by atoms with van der Waals surface area (Å²) >= 11 is 6.31. The Balaban J connectivity index is 1.94. The van der Waals surface area contributed by atoms with Gasteiger partial charge < -0.3 is 5.32 Å². The number of hydrogen-bond donors (Lipinski definition) is 1. The first-order chi connectivity index (χ1) is 8.84. The third-order valence-electron chi connectivity index (χ3n) is 3.36. The molecule has 4 rings (SSSR count). The molecule has 18 heavy (non-hydrogen) atoms. The van der Waals surface area contributed by atoms with Crippen LogP contribution in [-0.2, 0) is 0 Å². The predicted octanol–water partition coefficient (Wildman–Crippen LogP) is 3.86. The molecular formula is C14H10ClN3. The molecule has 0 spiro atoms. The van der Waals surface area contributed by atoms with Crippen LogP contribution in [0.2, 0.25) is 0 Å². The molecular weight excluding hydrogens is 246 g/mol. The van der Waals surface area contributed by atoms with Gasteiger partial charge in [-0.25, -0.2) is 4.99 Å². The zero-order valence-corrected chi connectivity index (χ0v) is 10.2. The second kappa shape index (κ2) is 3.50. The van der Waals surface area contributed by atoms with Crippen molar-refractivity contribution < 1.29 is 0 Å². The average molecular weight is 256 g/mol. The molecule has 2 aliphatic rings. The van der Waals surface area contributed by atoms with Crippen molar-refractivity contribution in [3.63, 3.8) is 0 Å². The van der Waals surface area contributed by atoms with Gasteiger partial charge >= 0.3 is 0 Å². The highest BCUT2D eigenvalue weighted by molar-refractivity contribution is 6.68. The number of nitrogens with zero attached hydrogens (tertiary/aromatic N) is 2. The summed E-state index contributed by atoms with van der Waals surface area (Å²) < 4.78 is 0. The van der Waals surface area contributed by atoms with E-state index in [1.54, 1.807) is 0 Å². The van der Waals surface area contributed by atoms with Gasteiger partial charge in [0.2, 0.25) is 5.29 Å². The summed E-state index contributed by atoms with van der Waals surface area (Å²) in [5.41, 5.74) is 4.25. The SMILES string of the molecule is ClC1=Nc2ccccc2C2Nc3ccccc3N12. The van der Waals surface area contributed by atoms with Crippen LogP contribution in [0.4, 0.5) is 17.1 Å². The summed E-state index contributed by atoms with van der Waals surface area (Å²) in [6.07, 6.45) is 0.0450. The van der Waals surface area contributed by atoms with Crippen molar-refractivity contribution in [3.8, 4) is 0 Å². The van der Waals surface area contributed by atoms with E-state index in [4.69, 9.17) is 11.6 Å². The van der Waals surface area contributed by atoms with Crippen molar-refractivity contribution in [1.29, 1.82) is 0 Å². The van der Waals surface area contributed by atoms with Crippen molar-refractivity contribution >= 4 is 34.0 Å².